The van der Waals surface area contributed by atoms with E-state index in [9.17, 15) is 13.2 Å². The summed E-state index contributed by atoms with van der Waals surface area (Å²) in [6.45, 7) is 0. The Labute approximate surface area is 83.2 Å². The monoisotopic (exact) mass is 221 g/mol. The molecule has 0 saturated heterocycles. The van der Waals surface area contributed by atoms with Gasteiger partial charge in [0.05, 0.1) is 0 Å². The molecule has 0 saturated carbocycles. The zero-order chi connectivity index (χ0) is 11.6. The third-order valence-electron chi connectivity index (χ3n) is 1.54. The largest absolute Gasteiger partial charge is 0.573 e. The van der Waals surface area contributed by atoms with Gasteiger partial charge in [0.15, 0.2) is 0 Å². The van der Waals surface area contributed by atoms with Crippen LogP contribution in [0.3, 0.4) is 0 Å². The van der Waals surface area contributed by atoms with Gasteiger partial charge in [0.25, 0.3) is 0 Å². The lowest BCUT2D eigenvalue weighted by Gasteiger charge is -2.13. The smallest absolute Gasteiger partial charge is 0.423 e. The van der Waals surface area contributed by atoms with Gasteiger partial charge in [0.2, 0.25) is 0 Å². The molecule has 0 aliphatic heterocycles. The Hall–Kier alpha value is -1.41. The predicted molar refractivity (Wildman–Crippen MR) is 47.4 cm³/mol. The second kappa shape index (κ2) is 3.99. The van der Waals surface area contributed by atoms with Gasteiger partial charge in [-0.2, -0.15) is 0 Å². The fourth-order valence-corrected chi connectivity index (χ4v) is 0.977. The van der Waals surface area contributed by atoms with Crippen molar-refractivity contribution >= 4 is 18.3 Å². The fourth-order valence-electron chi connectivity index (χ4n) is 0.977. The molecule has 0 aliphatic rings. The Balaban J connectivity index is 3.08. The van der Waals surface area contributed by atoms with Crippen LogP contribution in [0.4, 0.5) is 18.9 Å². The van der Waals surface area contributed by atoms with Gasteiger partial charge in [-0.3, -0.25) is 0 Å². The van der Waals surface area contributed by atoms with E-state index in [-0.39, 0.29) is 5.69 Å². The van der Waals surface area contributed by atoms with Crippen molar-refractivity contribution in [1.29, 1.82) is 0 Å². The Bertz CT molecular complexity index is 356. The molecule has 0 aromatic heterocycles. The third kappa shape index (κ3) is 3.33. The number of alkyl halides is 3. The fraction of sp³-hybridized carbons (Fsp3) is 0.143. The maximum Gasteiger partial charge on any atom is 0.573 e. The van der Waals surface area contributed by atoms with Crippen LogP contribution in [0.15, 0.2) is 18.2 Å². The number of rotatable bonds is 2. The number of hydrogen-bond acceptors (Lipinski definition) is 4. The highest BCUT2D eigenvalue weighted by molar-refractivity contribution is 6.59. The number of ether oxygens (including phenoxy) is 1. The highest BCUT2D eigenvalue weighted by Crippen LogP contribution is 2.22. The Kier molecular flexibility index (Phi) is 3.11. The predicted octanol–water partition coefficient (Wildman–Crippen LogP) is -0.153. The number of nitrogens with two attached hydrogens (primary N) is 1. The molecule has 0 unspecified atom stereocenters. The number of benzene rings is 1. The first kappa shape index (κ1) is 11.7. The molecule has 1 aromatic carbocycles. The minimum absolute atomic E-state index is 0.0265. The number of hydrogen-bond donors (Lipinski definition) is 3. The molecule has 0 fully saturated rings. The van der Waals surface area contributed by atoms with Crippen molar-refractivity contribution in [3.63, 3.8) is 0 Å². The molecule has 1 rings (SSSR count). The SMILES string of the molecule is Nc1ccc(B(O)O)c(OC(F)(F)F)c1. The van der Waals surface area contributed by atoms with Crippen molar-refractivity contribution in [3.05, 3.63) is 18.2 Å². The zero-order valence-corrected chi connectivity index (χ0v) is 7.32. The van der Waals surface area contributed by atoms with E-state index >= 15 is 0 Å². The normalized spacial score (nSPS) is 11.3. The summed E-state index contributed by atoms with van der Waals surface area (Å²) in [7, 11) is -2.05. The molecule has 15 heavy (non-hydrogen) atoms. The average molecular weight is 221 g/mol. The van der Waals surface area contributed by atoms with Crippen molar-refractivity contribution < 1.29 is 28.0 Å². The van der Waals surface area contributed by atoms with E-state index in [1.807, 2.05) is 0 Å². The van der Waals surface area contributed by atoms with Crippen molar-refractivity contribution in [2.75, 3.05) is 5.73 Å². The maximum atomic E-state index is 11.9. The van der Waals surface area contributed by atoms with Crippen LogP contribution in [0.1, 0.15) is 0 Å². The molecule has 0 radical (unpaired) electrons. The molecule has 4 N–H and O–H groups in total. The van der Waals surface area contributed by atoms with E-state index in [0.717, 1.165) is 12.1 Å². The van der Waals surface area contributed by atoms with E-state index < -0.39 is 24.7 Å². The number of halogens is 3. The van der Waals surface area contributed by atoms with Crippen LogP contribution in [0.5, 0.6) is 5.75 Å². The van der Waals surface area contributed by atoms with Crippen LogP contribution < -0.4 is 15.9 Å². The van der Waals surface area contributed by atoms with Crippen LogP contribution in [0.2, 0.25) is 0 Å². The molecular weight excluding hydrogens is 214 g/mol. The molecule has 0 bridgehead atoms. The lowest BCUT2D eigenvalue weighted by atomic mass is 9.79. The van der Waals surface area contributed by atoms with E-state index in [1.165, 1.54) is 6.07 Å². The molecule has 0 spiro atoms. The Morgan fingerprint density at radius 1 is 1.27 bits per heavy atom. The van der Waals surface area contributed by atoms with Gasteiger partial charge >= 0.3 is 13.5 Å². The zero-order valence-electron chi connectivity index (χ0n) is 7.32. The molecule has 4 nitrogen and oxygen atoms in total. The highest BCUT2D eigenvalue weighted by Gasteiger charge is 2.33. The van der Waals surface area contributed by atoms with Crippen LogP contribution >= 0.6 is 0 Å². The molecule has 1 aromatic rings. The van der Waals surface area contributed by atoms with Crippen LogP contribution in [0, 0.1) is 0 Å². The van der Waals surface area contributed by atoms with Crippen molar-refractivity contribution in [3.8, 4) is 5.75 Å². The van der Waals surface area contributed by atoms with Crippen LogP contribution in [0.25, 0.3) is 0 Å². The van der Waals surface area contributed by atoms with Crippen molar-refractivity contribution in [2.45, 2.75) is 6.36 Å². The maximum absolute atomic E-state index is 11.9. The van der Waals surface area contributed by atoms with Crippen LogP contribution in [-0.4, -0.2) is 23.5 Å². The molecule has 0 amide bonds. The van der Waals surface area contributed by atoms with E-state index in [4.69, 9.17) is 15.8 Å². The van der Waals surface area contributed by atoms with Gasteiger partial charge in [-0.05, 0) is 6.07 Å². The van der Waals surface area contributed by atoms with Gasteiger partial charge in [0, 0.05) is 17.2 Å². The summed E-state index contributed by atoms with van der Waals surface area (Å²) >= 11 is 0. The van der Waals surface area contributed by atoms with E-state index in [0.29, 0.717) is 0 Å². The van der Waals surface area contributed by atoms with Gasteiger partial charge in [0.1, 0.15) is 5.75 Å². The molecule has 0 aliphatic carbocycles. The second-order valence-corrected chi connectivity index (χ2v) is 2.72. The van der Waals surface area contributed by atoms with Crippen molar-refractivity contribution in [1.82, 2.24) is 0 Å². The molecule has 8 heteroatoms. The summed E-state index contributed by atoms with van der Waals surface area (Å²) in [5.41, 5.74) is 4.86. The minimum atomic E-state index is -4.91. The molecule has 0 atom stereocenters. The lowest BCUT2D eigenvalue weighted by molar-refractivity contribution is -0.274. The topological polar surface area (TPSA) is 75.7 Å². The molecule has 82 valence electrons. The summed E-state index contributed by atoms with van der Waals surface area (Å²) in [6.07, 6.45) is -4.91. The first-order chi connectivity index (χ1) is 6.79. The summed E-state index contributed by atoms with van der Waals surface area (Å²) in [4.78, 5) is 0. The summed E-state index contributed by atoms with van der Waals surface area (Å²) in [6, 6.07) is 3.14. The summed E-state index contributed by atoms with van der Waals surface area (Å²) in [5, 5.41) is 17.5. The summed E-state index contributed by atoms with van der Waals surface area (Å²) < 4.78 is 39.2. The third-order valence-corrected chi connectivity index (χ3v) is 1.54. The van der Waals surface area contributed by atoms with Gasteiger partial charge < -0.3 is 20.5 Å². The number of anilines is 1. The van der Waals surface area contributed by atoms with Gasteiger partial charge in [-0.1, -0.05) is 6.07 Å². The standard InChI is InChI=1S/C7H7BF3NO3/c9-7(10,11)15-6-3-4(12)1-2-5(6)8(13)14/h1-3,13-14H,12H2. The molecule has 0 heterocycles. The molecular formula is C7H7BF3NO3. The minimum Gasteiger partial charge on any atom is -0.423 e. The van der Waals surface area contributed by atoms with Crippen LogP contribution in [-0.2, 0) is 0 Å². The highest BCUT2D eigenvalue weighted by atomic mass is 19.4. The first-order valence-electron chi connectivity index (χ1n) is 3.81. The van der Waals surface area contributed by atoms with Crippen molar-refractivity contribution in [2.24, 2.45) is 0 Å². The lowest BCUT2D eigenvalue weighted by Crippen LogP contribution is -2.33. The Morgan fingerprint density at radius 3 is 2.33 bits per heavy atom. The van der Waals surface area contributed by atoms with E-state index in [1.54, 1.807) is 0 Å². The first-order valence-corrected chi connectivity index (χ1v) is 3.81. The number of nitrogen functional groups attached to an aromatic ring is 1. The summed E-state index contributed by atoms with van der Waals surface area (Å²) in [5.74, 6) is -0.725. The quantitative estimate of drug-likeness (QED) is 0.479. The van der Waals surface area contributed by atoms with Gasteiger partial charge in [-0.25, -0.2) is 0 Å². The second-order valence-electron chi connectivity index (χ2n) is 2.72. The van der Waals surface area contributed by atoms with E-state index in [2.05, 4.69) is 4.74 Å². The average Bonchev–Trinajstić information content (AvgIpc) is 1.99. The van der Waals surface area contributed by atoms with Gasteiger partial charge in [-0.15, -0.1) is 13.2 Å². The Morgan fingerprint density at radius 2 is 1.87 bits per heavy atom.